The lowest BCUT2D eigenvalue weighted by Gasteiger charge is -2.34. The van der Waals surface area contributed by atoms with Gasteiger partial charge in [0.2, 0.25) is 5.91 Å². The molecule has 4 rings (SSSR count). The van der Waals surface area contributed by atoms with E-state index in [0.717, 1.165) is 43.0 Å². The molecule has 0 atom stereocenters. The van der Waals surface area contributed by atoms with E-state index in [2.05, 4.69) is 39.3 Å². The van der Waals surface area contributed by atoms with E-state index in [-0.39, 0.29) is 11.7 Å². The number of carbonyl (C=O) groups excluding carboxylic acids is 1. The summed E-state index contributed by atoms with van der Waals surface area (Å²) in [5, 5.41) is 3.44. The van der Waals surface area contributed by atoms with Crippen molar-refractivity contribution in [2.75, 3.05) is 49.2 Å². The number of nitrogens with zero attached hydrogens (tertiary/aromatic N) is 3. The molecule has 0 bridgehead atoms. The van der Waals surface area contributed by atoms with E-state index in [1.54, 1.807) is 0 Å². The molecule has 7 heteroatoms. The number of likely N-dealkylation sites (N-methyl/N-ethyl adjacent to an activating group) is 1. The molecule has 0 saturated carbocycles. The first kappa shape index (κ1) is 17.9. The Morgan fingerprint density at radius 1 is 1.11 bits per heavy atom. The highest BCUT2D eigenvalue weighted by molar-refractivity contribution is 7.99. The third kappa shape index (κ3) is 4.43. The number of para-hydroxylation sites is 2. The topological polar surface area (TPSA) is 61.6 Å². The van der Waals surface area contributed by atoms with E-state index < -0.39 is 0 Å². The molecular weight excluding hydrogens is 360 g/mol. The van der Waals surface area contributed by atoms with Crippen molar-refractivity contribution >= 4 is 40.1 Å². The van der Waals surface area contributed by atoms with Gasteiger partial charge in [-0.15, -0.1) is 0 Å². The Morgan fingerprint density at radius 3 is 2.59 bits per heavy atom. The third-order valence-corrected chi connectivity index (χ3v) is 5.45. The number of aromatic nitrogens is 1. The summed E-state index contributed by atoms with van der Waals surface area (Å²) in [6.07, 6.45) is 0. The lowest BCUT2D eigenvalue weighted by Crippen LogP contribution is -2.44. The SMILES string of the molecule is CN1CCN(c2ccc(NC(=O)CSc3nc4ccccc4o3)cc2)CC1. The van der Waals surface area contributed by atoms with Gasteiger partial charge in [0.25, 0.3) is 5.22 Å². The first-order chi connectivity index (χ1) is 13.2. The van der Waals surface area contributed by atoms with Crippen molar-refractivity contribution in [3.05, 3.63) is 48.5 Å². The Labute approximate surface area is 162 Å². The van der Waals surface area contributed by atoms with E-state index in [1.165, 1.54) is 17.4 Å². The molecule has 0 unspecified atom stereocenters. The molecular formula is C20H22N4O2S. The van der Waals surface area contributed by atoms with Gasteiger partial charge in [-0.05, 0) is 43.4 Å². The summed E-state index contributed by atoms with van der Waals surface area (Å²) in [5.74, 6) is 0.183. The van der Waals surface area contributed by atoms with Crippen LogP contribution in [0.25, 0.3) is 11.1 Å². The van der Waals surface area contributed by atoms with Gasteiger partial charge >= 0.3 is 0 Å². The fraction of sp³-hybridized carbons (Fsp3) is 0.300. The van der Waals surface area contributed by atoms with Gasteiger partial charge < -0.3 is 19.5 Å². The third-order valence-electron chi connectivity index (χ3n) is 4.62. The van der Waals surface area contributed by atoms with Crippen molar-refractivity contribution in [2.45, 2.75) is 5.22 Å². The highest BCUT2D eigenvalue weighted by atomic mass is 32.2. The maximum Gasteiger partial charge on any atom is 0.257 e. The standard InChI is InChI=1S/C20H22N4O2S/c1-23-10-12-24(13-11-23)16-8-6-15(7-9-16)21-19(25)14-27-20-22-17-4-2-3-5-18(17)26-20/h2-9H,10-14H2,1H3,(H,21,25). The molecule has 1 amide bonds. The molecule has 140 valence electrons. The maximum atomic E-state index is 12.2. The van der Waals surface area contributed by atoms with Gasteiger partial charge in [0.1, 0.15) is 5.52 Å². The van der Waals surface area contributed by atoms with Gasteiger partial charge in [0.15, 0.2) is 5.58 Å². The summed E-state index contributed by atoms with van der Waals surface area (Å²) >= 11 is 1.30. The number of rotatable bonds is 5. The number of fused-ring (bicyclic) bond motifs is 1. The minimum Gasteiger partial charge on any atom is -0.431 e. The highest BCUT2D eigenvalue weighted by Crippen LogP contribution is 2.24. The Morgan fingerprint density at radius 2 is 1.85 bits per heavy atom. The zero-order valence-electron chi connectivity index (χ0n) is 15.2. The maximum absolute atomic E-state index is 12.2. The Bertz CT molecular complexity index is 884. The van der Waals surface area contributed by atoms with Gasteiger partial charge in [0, 0.05) is 37.6 Å². The number of piperazine rings is 1. The van der Waals surface area contributed by atoms with Crippen LogP contribution >= 0.6 is 11.8 Å². The largest absolute Gasteiger partial charge is 0.431 e. The number of benzene rings is 2. The molecule has 1 aromatic heterocycles. The van der Waals surface area contributed by atoms with Crippen LogP contribution < -0.4 is 10.2 Å². The van der Waals surface area contributed by atoms with Crippen LogP contribution in [-0.2, 0) is 4.79 Å². The number of thioether (sulfide) groups is 1. The van der Waals surface area contributed by atoms with Gasteiger partial charge in [-0.1, -0.05) is 23.9 Å². The van der Waals surface area contributed by atoms with Crippen LogP contribution in [0.5, 0.6) is 0 Å². The van der Waals surface area contributed by atoms with Gasteiger partial charge in [0.05, 0.1) is 5.75 Å². The quantitative estimate of drug-likeness (QED) is 0.683. The highest BCUT2D eigenvalue weighted by Gasteiger charge is 2.14. The molecule has 6 nitrogen and oxygen atoms in total. The normalized spacial score (nSPS) is 15.2. The monoisotopic (exact) mass is 382 g/mol. The van der Waals surface area contributed by atoms with Crippen molar-refractivity contribution in [3.8, 4) is 0 Å². The minimum atomic E-state index is -0.0744. The summed E-state index contributed by atoms with van der Waals surface area (Å²) in [7, 11) is 2.15. The zero-order chi connectivity index (χ0) is 18.6. The summed E-state index contributed by atoms with van der Waals surface area (Å²) in [4.78, 5) is 21.3. The van der Waals surface area contributed by atoms with Crippen molar-refractivity contribution < 1.29 is 9.21 Å². The molecule has 0 aliphatic carbocycles. The van der Waals surface area contributed by atoms with Crippen LogP contribution in [-0.4, -0.2) is 54.8 Å². The van der Waals surface area contributed by atoms with E-state index in [9.17, 15) is 4.79 Å². The van der Waals surface area contributed by atoms with Gasteiger partial charge in [-0.25, -0.2) is 4.98 Å². The van der Waals surface area contributed by atoms with E-state index in [0.29, 0.717) is 5.22 Å². The van der Waals surface area contributed by atoms with E-state index in [1.807, 2.05) is 36.4 Å². The molecule has 1 aliphatic heterocycles. The van der Waals surface area contributed by atoms with Crippen molar-refractivity contribution in [2.24, 2.45) is 0 Å². The average molecular weight is 382 g/mol. The number of hydrogen-bond donors (Lipinski definition) is 1. The molecule has 27 heavy (non-hydrogen) atoms. The van der Waals surface area contributed by atoms with Gasteiger partial charge in [-0.2, -0.15) is 0 Å². The predicted molar refractivity (Wildman–Crippen MR) is 110 cm³/mol. The molecule has 3 aromatic rings. The number of anilines is 2. The fourth-order valence-electron chi connectivity index (χ4n) is 3.06. The Balaban J connectivity index is 1.30. The van der Waals surface area contributed by atoms with Crippen molar-refractivity contribution in [1.29, 1.82) is 0 Å². The second-order valence-electron chi connectivity index (χ2n) is 6.62. The smallest absolute Gasteiger partial charge is 0.257 e. The van der Waals surface area contributed by atoms with E-state index >= 15 is 0 Å². The van der Waals surface area contributed by atoms with Crippen LogP contribution in [0.15, 0.2) is 58.2 Å². The number of hydrogen-bond acceptors (Lipinski definition) is 6. The molecule has 0 spiro atoms. The Kier molecular flexibility index (Phi) is 5.31. The lowest BCUT2D eigenvalue weighted by molar-refractivity contribution is -0.113. The minimum absolute atomic E-state index is 0.0744. The van der Waals surface area contributed by atoms with Crippen LogP contribution in [0.2, 0.25) is 0 Å². The van der Waals surface area contributed by atoms with Crippen LogP contribution in [0.1, 0.15) is 0 Å². The molecule has 2 heterocycles. The van der Waals surface area contributed by atoms with Crippen LogP contribution in [0.4, 0.5) is 11.4 Å². The summed E-state index contributed by atoms with van der Waals surface area (Å²) in [6, 6.07) is 15.6. The molecule has 1 N–H and O–H groups in total. The lowest BCUT2D eigenvalue weighted by atomic mass is 10.2. The molecule has 1 aliphatic rings. The summed E-state index contributed by atoms with van der Waals surface area (Å²) < 4.78 is 5.62. The summed E-state index contributed by atoms with van der Waals surface area (Å²) in [5.41, 5.74) is 3.54. The first-order valence-corrected chi connectivity index (χ1v) is 9.98. The number of nitrogens with one attached hydrogen (secondary N) is 1. The molecule has 1 fully saturated rings. The molecule has 1 saturated heterocycles. The number of oxazole rings is 1. The first-order valence-electron chi connectivity index (χ1n) is 8.99. The Hall–Kier alpha value is -2.51. The van der Waals surface area contributed by atoms with Gasteiger partial charge in [-0.3, -0.25) is 4.79 Å². The summed E-state index contributed by atoms with van der Waals surface area (Å²) in [6.45, 7) is 4.21. The molecule has 2 aromatic carbocycles. The van der Waals surface area contributed by atoms with Crippen molar-refractivity contribution in [3.63, 3.8) is 0 Å². The fourth-order valence-corrected chi connectivity index (χ4v) is 3.70. The zero-order valence-corrected chi connectivity index (χ0v) is 16.0. The van der Waals surface area contributed by atoms with E-state index in [4.69, 9.17) is 4.42 Å². The average Bonchev–Trinajstić information content (AvgIpc) is 3.11. The number of carbonyl (C=O) groups is 1. The second-order valence-corrected chi connectivity index (χ2v) is 7.55. The second kappa shape index (κ2) is 8.02. The van der Waals surface area contributed by atoms with Crippen LogP contribution in [0.3, 0.4) is 0 Å². The molecule has 0 radical (unpaired) electrons. The predicted octanol–water partition coefficient (Wildman–Crippen LogP) is 3.31. The van der Waals surface area contributed by atoms with Crippen molar-refractivity contribution in [1.82, 2.24) is 9.88 Å². The number of amides is 1. The van der Waals surface area contributed by atoms with Crippen LogP contribution in [0, 0.1) is 0 Å².